The Morgan fingerprint density at radius 2 is 2.31 bits per heavy atom. The van der Waals surface area contributed by atoms with Crippen LogP contribution in [0.3, 0.4) is 0 Å². The number of aromatic nitrogens is 2. The van der Waals surface area contributed by atoms with E-state index in [1.807, 2.05) is 18.3 Å². The molecular weight excluding hydrogens is 206 g/mol. The van der Waals surface area contributed by atoms with Crippen molar-refractivity contribution in [2.75, 3.05) is 19.5 Å². The van der Waals surface area contributed by atoms with Crippen LogP contribution in [0.5, 0.6) is 5.75 Å². The quantitative estimate of drug-likeness (QED) is 0.756. The van der Waals surface area contributed by atoms with E-state index >= 15 is 0 Å². The summed E-state index contributed by atoms with van der Waals surface area (Å²) in [6, 6.07) is 3.66. The van der Waals surface area contributed by atoms with Gasteiger partial charge in [0.05, 0.1) is 18.3 Å². The molecule has 0 aliphatic carbocycles. The number of aliphatic hydroxyl groups is 1. The summed E-state index contributed by atoms with van der Waals surface area (Å²) in [5.41, 5.74) is 7.26. The van der Waals surface area contributed by atoms with Gasteiger partial charge >= 0.3 is 0 Å². The number of anilines is 1. The molecule has 2 aromatic rings. The highest BCUT2D eigenvalue weighted by Gasteiger charge is 2.05. The fourth-order valence-corrected chi connectivity index (χ4v) is 1.65. The molecule has 0 amide bonds. The van der Waals surface area contributed by atoms with Crippen molar-refractivity contribution >= 4 is 16.6 Å². The average molecular weight is 221 g/mol. The molecule has 5 nitrogen and oxygen atoms in total. The summed E-state index contributed by atoms with van der Waals surface area (Å²) < 4.78 is 6.93. The fourth-order valence-electron chi connectivity index (χ4n) is 1.65. The molecule has 0 atom stereocenters. The second kappa shape index (κ2) is 4.40. The van der Waals surface area contributed by atoms with Gasteiger partial charge in [-0.25, -0.2) is 0 Å². The van der Waals surface area contributed by atoms with Crippen molar-refractivity contribution in [3.8, 4) is 5.75 Å². The van der Waals surface area contributed by atoms with Crippen LogP contribution in [-0.4, -0.2) is 28.6 Å². The van der Waals surface area contributed by atoms with Crippen LogP contribution in [0.2, 0.25) is 0 Å². The lowest BCUT2D eigenvalue weighted by molar-refractivity contribution is 0.277. The Morgan fingerprint density at radius 3 is 3.00 bits per heavy atom. The lowest BCUT2D eigenvalue weighted by atomic mass is 10.2. The molecule has 0 fully saturated rings. The molecule has 0 saturated heterocycles. The lowest BCUT2D eigenvalue weighted by Gasteiger charge is -2.02. The van der Waals surface area contributed by atoms with E-state index in [0.29, 0.717) is 24.4 Å². The molecule has 86 valence electrons. The first-order chi connectivity index (χ1) is 7.74. The third-order valence-corrected chi connectivity index (χ3v) is 2.45. The number of nitrogen functional groups attached to an aromatic ring is 1. The van der Waals surface area contributed by atoms with Crippen molar-refractivity contribution in [3.05, 3.63) is 18.3 Å². The van der Waals surface area contributed by atoms with E-state index in [-0.39, 0.29) is 6.61 Å². The summed E-state index contributed by atoms with van der Waals surface area (Å²) in [4.78, 5) is 0. The molecule has 3 N–H and O–H groups in total. The van der Waals surface area contributed by atoms with Gasteiger partial charge in [0.2, 0.25) is 0 Å². The van der Waals surface area contributed by atoms with Crippen LogP contribution in [-0.2, 0) is 6.54 Å². The van der Waals surface area contributed by atoms with Gasteiger partial charge < -0.3 is 15.6 Å². The Labute approximate surface area is 93.4 Å². The van der Waals surface area contributed by atoms with Gasteiger partial charge in [0.1, 0.15) is 5.75 Å². The Morgan fingerprint density at radius 1 is 1.50 bits per heavy atom. The summed E-state index contributed by atoms with van der Waals surface area (Å²) in [6.45, 7) is 0.870. The Balaban J connectivity index is 2.37. The van der Waals surface area contributed by atoms with Gasteiger partial charge in [0.15, 0.2) is 0 Å². The Hall–Kier alpha value is -1.75. The van der Waals surface area contributed by atoms with E-state index in [1.165, 1.54) is 0 Å². The number of nitrogens with two attached hydrogens (primary N) is 1. The number of rotatable bonds is 4. The van der Waals surface area contributed by atoms with Gasteiger partial charge in [-0.2, -0.15) is 5.10 Å². The molecule has 0 radical (unpaired) electrons. The van der Waals surface area contributed by atoms with Crippen molar-refractivity contribution < 1.29 is 9.84 Å². The number of fused-ring (bicyclic) bond motifs is 1. The minimum absolute atomic E-state index is 0.168. The first kappa shape index (κ1) is 10.8. The number of aliphatic hydroxyl groups excluding tert-OH is 1. The zero-order valence-corrected chi connectivity index (χ0v) is 9.18. The Bertz CT molecular complexity index is 493. The number of hydrogen-bond donors (Lipinski definition) is 2. The topological polar surface area (TPSA) is 73.3 Å². The maximum atomic E-state index is 8.75. The summed E-state index contributed by atoms with van der Waals surface area (Å²) >= 11 is 0. The standard InChI is InChI=1S/C11H15N3O2/c1-16-11-6-10-8(5-9(11)12)7-14(13-10)3-2-4-15/h5-7,15H,2-4,12H2,1H3. The number of nitrogens with zero attached hydrogens (tertiary/aromatic N) is 2. The number of ether oxygens (including phenoxy) is 1. The van der Waals surface area contributed by atoms with Gasteiger partial charge in [-0.3, -0.25) is 4.68 Å². The predicted octanol–water partition coefficient (Wildman–Crippen LogP) is 1.01. The SMILES string of the molecule is COc1cc2nn(CCCO)cc2cc1N. The summed E-state index contributed by atoms with van der Waals surface area (Å²) in [6.07, 6.45) is 2.61. The van der Waals surface area contributed by atoms with Crippen molar-refractivity contribution in [3.63, 3.8) is 0 Å². The highest BCUT2D eigenvalue weighted by atomic mass is 16.5. The van der Waals surface area contributed by atoms with Crippen LogP contribution in [0.25, 0.3) is 10.9 Å². The Kier molecular flexibility index (Phi) is 2.96. The number of hydrogen-bond acceptors (Lipinski definition) is 4. The zero-order chi connectivity index (χ0) is 11.5. The largest absolute Gasteiger partial charge is 0.495 e. The fraction of sp³-hybridized carbons (Fsp3) is 0.364. The van der Waals surface area contributed by atoms with E-state index in [9.17, 15) is 0 Å². The molecule has 0 bridgehead atoms. The number of benzene rings is 1. The third-order valence-electron chi connectivity index (χ3n) is 2.45. The van der Waals surface area contributed by atoms with Gasteiger partial charge in [0.25, 0.3) is 0 Å². The van der Waals surface area contributed by atoms with Crippen molar-refractivity contribution in [1.82, 2.24) is 9.78 Å². The predicted molar refractivity (Wildman–Crippen MR) is 62.4 cm³/mol. The van der Waals surface area contributed by atoms with Crippen LogP contribution in [0, 0.1) is 0 Å². The molecule has 0 aliphatic rings. The van der Waals surface area contributed by atoms with Crippen molar-refractivity contribution in [2.45, 2.75) is 13.0 Å². The molecule has 2 rings (SSSR count). The summed E-state index contributed by atoms with van der Waals surface area (Å²) in [5, 5.41) is 14.1. The second-order valence-electron chi connectivity index (χ2n) is 3.62. The normalized spacial score (nSPS) is 10.9. The summed E-state index contributed by atoms with van der Waals surface area (Å²) in [7, 11) is 1.58. The van der Waals surface area contributed by atoms with Gasteiger partial charge in [0, 0.05) is 30.8 Å². The van der Waals surface area contributed by atoms with Crippen molar-refractivity contribution in [1.29, 1.82) is 0 Å². The molecule has 16 heavy (non-hydrogen) atoms. The van der Waals surface area contributed by atoms with Gasteiger partial charge in [-0.15, -0.1) is 0 Å². The van der Waals surface area contributed by atoms with E-state index in [0.717, 1.165) is 10.9 Å². The van der Waals surface area contributed by atoms with E-state index in [2.05, 4.69) is 5.10 Å². The maximum Gasteiger partial charge on any atom is 0.144 e. The van der Waals surface area contributed by atoms with Crippen LogP contribution in [0.15, 0.2) is 18.3 Å². The number of aryl methyl sites for hydroxylation is 1. The first-order valence-electron chi connectivity index (χ1n) is 5.16. The van der Waals surface area contributed by atoms with Crippen molar-refractivity contribution in [2.24, 2.45) is 0 Å². The summed E-state index contributed by atoms with van der Waals surface area (Å²) in [5.74, 6) is 0.639. The molecule has 0 aliphatic heterocycles. The van der Waals surface area contributed by atoms with Crippen LogP contribution >= 0.6 is 0 Å². The highest BCUT2D eigenvalue weighted by molar-refractivity contribution is 5.84. The van der Waals surface area contributed by atoms with Crippen LogP contribution in [0.4, 0.5) is 5.69 Å². The molecule has 5 heteroatoms. The molecular formula is C11H15N3O2. The third kappa shape index (κ3) is 1.94. The average Bonchev–Trinajstić information content (AvgIpc) is 2.66. The second-order valence-corrected chi connectivity index (χ2v) is 3.62. The minimum Gasteiger partial charge on any atom is -0.495 e. The molecule has 0 spiro atoms. The molecule has 1 aromatic carbocycles. The molecule has 0 saturated carbocycles. The van der Waals surface area contributed by atoms with Crippen LogP contribution < -0.4 is 10.5 Å². The monoisotopic (exact) mass is 221 g/mol. The zero-order valence-electron chi connectivity index (χ0n) is 9.18. The molecule has 0 unspecified atom stereocenters. The van der Waals surface area contributed by atoms with Gasteiger partial charge in [-0.1, -0.05) is 0 Å². The lowest BCUT2D eigenvalue weighted by Crippen LogP contribution is -1.99. The molecule has 1 heterocycles. The number of methoxy groups -OCH3 is 1. The first-order valence-corrected chi connectivity index (χ1v) is 5.16. The van der Waals surface area contributed by atoms with Crippen LogP contribution in [0.1, 0.15) is 6.42 Å². The molecule has 1 aromatic heterocycles. The maximum absolute atomic E-state index is 8.75. The highest BCUT2D eigenvalue weighted by Crippen LogP contribution is 2.26. The van der Waals surface area contributed by atoms with E-state index in [1.54, 1.807) is 11.8 Å². The van der Waals surface area contributed by atoms with E-state index < -0.39 is 0 Å². The van der Waals surface area contributed by atoms with E-state index in [4.69, 9.17) is 15.6 Å². The smallest absolute Gasteiger partial charge is 0.144 e. The van der Waals surface area contributed by atoms with Gasteiger partial charge in [-0.05, 0) is 12.5 Å². The minimum atomic E-state index is 0.168.